The fourth-order valence-electron chi connectivity index (χ4n) is 4.95. The third-order valence-electron chi connectivity index (χ3n) is 6.48. The van der Waals surface area contributed by atoms with Crippen LogP contribution in [0.2, 0.25) is 20.1 Å². The zero-order valence-corrected chi connectivity index (χ0v) is 24.0. The third kappa shape index (κ3) is 6.35. The number of carbonyl (C=O) groups excluding carboxylic acids is 1. The molecule has 2 aromatic rings. The fourth-order valence-corrected chi connectivity index (χ4v) is 5.93. The Kier molecular flexibility index (Phi) is 9.25. The molecule has 0 saturated carbocycles. The topological polar surface area (TPSA) is 45.1 Å². The van der Waals surface area contributed by atoms with Gasteiger partial charge in [-0.3, -0.25) is 9.91 Å². The number of piperidine rings is 1. The first kappa shape index (κ1) is 28.0. The van der Waals surface area contributed by atoms with Gasteiger partial charge in [-0.2, -0.15) is 5.10 Å². The standard InChI is InChI=1S/C28H29Cl4N3O2/c1-4-10-34-15-19(12-18-6-7-20(29)13-24(18)31)27-23(16-34)28(22-9-8-21(30)14-25(22)32)35(33-27)17(3)11-26(36)37-5-2/h6-9,11-14,23,28H,4-5,10,15-16H2,1-3H3. The number of carbonyl (C=O) groups is 1. The van der Waals surface area contributed by atoms with Crippen LogP contribution in [0.15, 0.2) is 58.8 Å². The molecule has 9 heteroatoms. The molecule has 0 bridgehead atoms. The van der Waals surface area contributed by atoms with Crippen LogP contribution >= 0.6 is 46.4 Å². The maximum atomic E-state index is 12.3. The van der Waals surface area contributed by atoms with E-state index in [1.54, 1.807) is 19.1 Å². The average molecular weight is 581 g/mol. The lowest BCUT2D eigenvalue weighted by Crippen LogP contribution is -2.44. The summed E-state index contributed by atoms with van der Waals surface area (Å²) in [4.78, 5) is 14.7. The molecule has 0 aliphatic carbocycles. The second kappa shape index (κ2) is 12.2. The number of hydrogen-bond donors (Lipinski definition) is 0. The first-order valence-corrected chi connectivity index (χ1v) is 13.8. The average Bonchev–Trinajstić information content (AvgIpc) is 3.21. The summed E-state index contributed by atoms with van der Waals surface area (Å²) in [5.74, 6) is -0.408. The van der Waals surface area contributed by atoms with E-state index in [0.717, 1.165) is 48.5 Å². The van der Waals surface area contributed by atoms with Gasteiger partial charge in [0.2, 0.25) is 0 Å². The Balaban J connectivity index is 1.85. The number of ether oxygens (including phenoxy) is 1. The Morgan fingerprint density at radius 3 is 2.43 bits per heavy atom. The van der Waals surface area contributed by atoms with Crippen LogP contribution in [0.1, 0.15) is 44.4 Å². The number of nitrogens with zero attached hydrogens (tertiary/aromatic N) is 3. The van der Waals surface area contributed by atoms with Crippen molar-refractivity contribution < 1.29 is 9.53 Å². The lowest BCUT2D eigenvalue weighted by atomic mass is 9.83. The van der Waals surface area contributed by atoms with Crippen LogP contribution in [-0.2, 0) is 9.53 Å². The predicted molar refractivity (Wildman–Crippen MR) is 154 cm³/mol. The van der Waals surface area contributed by atoms with Gasteiger partial charge in [-0.05, 0) is 73.9 Å². The van der Waals surface area contributed by atoms with E-state index < -0.39 is 5.97 Å². The summed E-state index contributed by atoms with van der Waals surface area (Å²) in [6, 6.07) is 10.8. The summed E-state index contributed by atoms with van der Waals surface area (Å²) in [5.41, 5.74) is 4.46. The van der Waals surface area contributed by atoms with E-state index in [1.807, 2.05) is 36.2 Å². The highest BCUT2D eigenvalue weighted by molar-refractivity contribution is 6.36. The van der Waals surface area contributed by atoms with E-state index in [-0.39, 0.29) is 12.0 Å². The van der Waals surface area contributed by atoms with Gasteiger partial charge in [0, 0.05) is 50.9 Å². The number of halogens is 4. The van der Waals surface area contributed by atoms with Crippen molar-refractivity contribution in [2.24, 2.45) is 11.0 Å². The van der Waals surface area contributed by atoms with Crippen molar-refractivity contribution >= 4 is 64.2 Å². The van der Waals surface area contributed by atoms with Crippen molar-refractivity contribution in [3.8, 4) is 0 Å². The van der Waals surface area contributed by atoms with Crippen LogP contribution in [0.3, 0.4) is 0 Å². The van der Waals surface area contributed by atoms with Crippen LogP contribution in [0, 0.1) is 5.92 Å². The number of likely N-dealkylation sites (tertiary alicyclic amines) is 1. The van der Waals surface area contributed by atoms with Gasteiger partial charge in [0.1, 0.15) is 0 Å². The van der Waals surface area contributed by atoms with Gasteiger partial charge in [0.15, 0.2) is 0 Å². The van der Waals surface area contributed by atoms with Gasteiger partial charge >= 0.3 is 5.97 Å². The van der Waals surface area contributed by atoms with Gasteiger partial charge in [0.05, 0.1) is 18.4 Å². The smallest absolute Gasteiger partial charge is 0.332 e. The van der Waals surface area contributed by atoms with E-state index in [0.29, 0.717) is 32.4 Å². The SMILES string of the molecule is CCCN1CC(=Cc2ccc(Cl)cc2Cl)C2=NN(C(C)=CC(=O)OCC)C(c3ccc(Cl)cc3Cl)C2C1. The Morgan fingerprint density at radius 2 is 1.78 bits per heavy atom. The molecule has 196 valence electrons. The number of esters is 1. The molecule has 0 radical (unpaired) electrons. The number of hydrazone groups is 1. The second-order valence-electron chi connectivity index (χ2n) is 9.16. The number of benzene rings is 2. The van der Waals surface area contributed by atoms with Crippen molar-refractivity contribution in [2.45, 2.75) is 33.2 Å². The molecule has 0 N–H and O–H groups in total. The maximum absolute atomic E-state index is 12.3. The molecule has 2 unspecified atom stereocenters. The van der Waals surface area contributed by atoms with Crippen LogP contribution in [0.5, 0.6) is 0 Å². The highest BCUT2D eigenvalue weighted by atomic mass is 35.5. The Labute approximate surface area is 238 Å². The number of fused-ring (bicyclic) bond motifs is 1. The van der Waals surface area contributed by atoms with Gasteiger partial charge in [-0.15, -0.1) is 0 Å². The summed E-state index contributed by atoms with van der Waals surface area (Å²) < 4.78 is 5.16. The number of allylic oxidation sites excluding steroid dienone is 1. The Bertz CT molecular complexity index is 1270. The van der Waals surface area contributed by atoms with Gasteiger partial charge in [-0.1, -0.05) is 65.5 Å². The van der Waals surface area contributed by atoms with Gasteiger partial charge in [-0.25, -0.2) is 4.79 Å². The summed E-state index contributed by atoms with van der Waals surface area (Å²) in [6.45, 7) is 8.58. The van der Waals surface area contributed by atoms with Gasteiger partial charge in [0.25, 0.3) is 0 Å². The van der Waals surface area contributed by atoms with Crippen molar-refractivity contribution in [1.29, 1.82) is 0 Å². The van der Waals surface area contributed by atoms with Crippen LogP contribution < -0.4 is 0 Å². The summed E-state index contributed by atoms with van der Waals surface area (Å²) in [5, 5.41) is 9.25. The Morgan fingerprint density at radius 1 is 1.08 bits per heavy atom. The minimum absolute atomic E-state index is 0.00171. The van der Waals surface area contributed by atoms with E-state index in [4.69, 9.17) is 56.2 Å². The van der Waals surface area contributed by atoms with Crippen LogP contribution in [0.25, 0.3) is 6.08 Å². The number of hydrogen-bond acceptors (Lipinski definition) is 5. The highest BCUT2D eigenvalue weighted by Crippen LogP contribution is 2.45. The molecule has 0 aromatic heterocycles. The molecule has 2 atom stereocenters. The summed E-state index contributed by atoms with van der Waals surface area (Å²) in [7, 11) is 0. The molecule has 1 saturated heterocycles. The first-order chi connectivity index (χ1) is 17.7. The summed E-state index contributed by atoms with van der Waals surface area (Å²) >= 11 is 25.6. The van der Waals surface area contributed by atoms with Crippen LogP contribution in [-0.4, -0.2) is 47.8 Å². The van der Waals surface area contributed by atoms with E-state index in [2.05, 4.69) is 17.9 Å². The molecule has 4 rings (SSSR count). The van der Waals surface area contributed by atoms with E-state index >= 15 is 0 Å². The van der Waals surface area contributed by atoms with Crippen LogP contribution in [0.4, 0.5) is 0 Å². The Hall–Kier alpha value is -2.02. The molecule has 2 aliphatic rings. The highest BCUT2D eigenvalue weighted by Gasteiger charge is 2.44. The maximum Gasteiger partial charge on any atom is 0.332 e. The van der Waals surface area contributed by atoms with Crippen molar-refractivity contribution in [3.63, 3.8) is 0 Å². The van der Waals surface area contributed by atoms with E-state index in [9.17, 15) is 4.79 Å². The fraction of sp³-hybridized carbons (Fsp3) is 0.357. The van der Waals surface area contributed by atoms with Crippen molar-refractivity contribution in [2.75, 3.05) is 26.2 Å². The first-order valence-electron chi connectivity index (χ1n) is 12.3. The number of rotatable bonds is 7. The molecule has 2 aromatic carbocycles. The van der Waals surface area contributed by atoms with E-state index in [1.165, 1.54) is 6.08 Å². The van der Waals surface area contributed by atoms with Crippen molar-refractivity contribution in [1.82, 2.24) is 9.91 Å². The predicted octanol–water partition coefficient (Wildman–Crippen LogP) is 7.91. The molecule has 0 spiro atoms. The molecule has 5 nitrogen and oxygen atoms in total. The quantitative estimate of drug-likeness (QED) is 0.246. The zero-order valence-electron chi connectivity index (χ0n) is 21.0. The molecular formula is C28H29Cl4N3O2. The molecule has 37 heavy (non-hydrogen) atoms. The molecule has 0 amide bonds. The van der Waals surface area contributed by atoms with Gasteiger partial charge < -0.3 is 4.74 Å². The monoisotopic (exact) mass is 579 g/mol. The lowest BCUT2D eigenvalue weighted by molar-refractivity contribution is -0.137. The zero-order chi connectivity index (χ0) is 26.7. The van der Waals surface area contributed by atoms with Crippen molar-refractivity contribution in [3.05, 3.63) is 85.0 Å². The lowest BCUT2D eigenvalue weighted by Gasteiger charge is -2.36. The largest absolute Gasteiger partial charge is 0.463 e. The molecular weight excluding hydrogens is 552 g/mol. The summed E-state index contributed by atoms with van der Waals surface area (Å²) in [6.07, 6.45) is 4.58. The molecule has 2 heterocycles. The minimum Gasteiger partial charge on any atom is -0.463 e. The minimum atomic E-state index is -0.410. The molecule has 2 aliphatic heterocycles. The second-order valence-corrected chi connectivity index (χ2v) is 10.8. The third-order valence-corrected chi connectivity index (χ3v) is 7.60. The molecule has 1 fully saturated rings. The normalized spacial score (nSPS) is 21.3.